The third-order valence-corrected chi connectivity index (χ3v) is 4.78. The molecule has 1 rings (SSSR count). The Morgan fingerprint density at radius 3 is 2.24 bits per heavy atom. The maximum absolute atomic E-state index is 12.3. The van der Waals surface area contributed by atoms with Gasteiger partial charge in [-0.05, 0) is 24.3 Å². The minimum absolute atomic E-state index is 0.000433. The Bertz CT molecular complexity index is 623. The molecular weight excluding hydrogens is 298 g/mol. The predicted molar refractivity (Wildman–Crippen MR) is 74.4 cm³/mol. The van der Waals surface area contributed by atoms with Gasteiger partial charge < -0.3 is 9.84 Å². The number of carboxylic acids is 1. The van der Waals surface area contributed by atoms with Crippen molar-refractivity contribution in [3.05, 3.63) is 29.8 Å². The summed E-state index contributed by atoms with van der Waals surface area (Å²) in [5, 5.41) is 8.78. The van der Waals surface area contributed by atoms with E-state index in [0.717, 1.165) is 4.31 Å². The normalized spacial score (nSPS) is 13.0. The van der Waals surface area contributed by atoms with Gasteiger partial charge in [0, 0.05) is 13.6 Å². The number of hydrogen-bond donors (Lipinski definition) is 1. The molecule has 0 aromatic heterocycles. The lowest BCUT2D eigenvalue weighted by Crippen LogP contribution is -2.34. The molecule has 0 aliphatic carbocycles. The number of methoxy groups -OCH3 is 1. The standard InChI is InChI=1S/C13H17NO6S/c1-9(13(17)20-3)8-14(2)21(18,19)11-6-4-10(5-7-11)12(15)16/h4-7,9H,8H2,1-3H3,(H,15,16). The van der Waals surface area contributed by atoms with Crippen LogP contribution in [-0.2, 0) is 19.6 Å². The highest BCUT2D eigenvalue weighted by molar-refractivity contribution is 7.89. The Morgan fingerprint density at radius 2 is 1.81 bits per heavy atom. The van der Waals surface area contributed by atoms with Crippen molar-refractivity contribution in [2.45, 2.75) is 11.8 Å². The van der Waals surface area contributed by atoms with Gasteiger partial charge in [0.1, 0.15) is 0 Å². The van der Waals surface area contributed by atoms with E-state index in [4.69, 9.17) is 5.11 Å². The molecule has 1 N–H and O–H groups in total. The smallest absolute Gasteiger partial charge is 0.335 e. The number of sulfonamides is 1. The first-order chi connectivity index (χ1) is 9.70. The van der Waals surface area contributed by atoms with E-state index in [9.17, 15) is 18.0 Å². The zero-order valence-corrected chi connectivity index (χ0v) is 12.8. The first kappa shape index (κ1) is 17.1. The highest BCUT2D eigenvalue weighted by atomic mass is 32.2. The summed E-state index contributed by atoms with van der Waals surface area (Å²) in [4.78, 5) is 22.0. The number of benzene rings is 1. The Balaban J connectivity index is 2.94. The number of rotatable bonds is 6. The molecule has 0 amide bonds. The molecule has 0 fully saturated rings. The number of esters is 1. The van der Waals surface area contributed by atoms with Crippen LogP contribution in [0.25, 0.3) is 0 Å². The summed E-state index contributed by atoms with van der Waals surface area (Å²) in [5.41, 5.74) is -0.000433. The monoisotopic (exact) mass is 315 g/mol. The number of carbonyl (C=O) groups excluding carboxylic acids is 1. The Morgan fingerprint density at radius 1 is 1.29 bits per heavy atom. The van der Waals surface area contributed by atoms with Gasteiger partial charge >= 0.3 is 11.9 Å². The molecule has 1 unspecified atom stereocenters. The van der Waals surface area contributed by atoms with E-state index in [-0.39, 0.29) is 17.0 Å². The molecule has 0 bridgehead atoms. The predicted octanol–water partition coefficient (Wildman–Crippen LogP) is 0.814. The molecule has 0 aliphatic rings. The molecular formula is C13H17NO6S. The fourth-order valence-corrected chi connectivity index (χ4v) is 2.97. The Labute approximate surface area is 123 Å². The molecule has 0 heterocycles. The Kier molecular flexibility index (Phi) is 5.45. The lowest BCUT2D eigenvalue weighted by molar-refractivity contribution is -0.144. The van der Waals surface area contributed by atoms with Crippen molar-refractivity contribution >= 4 is 22.0 Å². The third kappa shape index (κ3) is 4.02. The van der Waals surface area contributed by atoms with E-state index in [2.05, 4.69) is 4.74 Å². The van der Waals surface area contributed by atoms with Gasteiger partial charge in [-0.2, -0.15) is 0 Å². The van der Waals surface area contributed by atoms with Gasteiger partial charge in [0.25, 0.3) is 0 Å². The molecule has 1 atom stereocenters. The molecule has 0 radical (unpaired) electrons. The van der Waals surface area contributed by atoms with Crippen molar-refractivity contribution in [1.29, 1.82) is 0 Å². The Hall–Kier alpha value is -1.93. The molecule has 116 valence electrons. The average Bonchev–Trinajstić information content (AvgIpc) is 2.46. The maximum Gasteiger partial charge on any atom is 0.335 e. The van der Waals surface area contributed by atoms with Gasteiger partial charge in [-0.3, -0.25) is 4.79 Å². The van der Waals surface area contributed by atoms with E-state index in [1.807, 2.05) is 0 Å². The first-order valence-electron chi connectivity index (χ1n) is 6.07. The van der Waals surface area contributed by atoms with Crippen LogP contribution in [0.3, 0.4) is 0 Å². The van der Waals surface area contributed by atoms with Gasteiger partial charge in [0.15, 0.2) is 0 Å². The van der Waals surface area contributed by atoms with Crippen LogP contribution in [-0.4, -0.2) is 50.5 Å². The van der Waals surface area contributed by atoms with Crippen LogP contribution < -0.4 is 0 Å². The molecule has 8 heteroatoms. The summed E-state index contributed by atoms with van der Waals surface area (Å²) < 4.78 is 30.2. The number of ether oxygens (including phenoxy) is 1. The molecule has 0 spiro atoms. The van der Waals surface area contributed by atoms with E-state index in [0.29, 0.717) is 0 Å². The minimum atomic E-state index is -3.79. The van der Waals surface area contributed by atoms with Crippen molar-refractivity contribution in [3.63, 3.8) is 0 Å². The number of carbonyl (C=O) groups is 2. The average molecular weight is 315 g/mol. The summed E-state index contributed by atoms with van der Waals surface area (Å²) in [7, 11) is -1.20. The van der Waals surface area contributed by atoms with E-state index >= 15 is 0 Å². The van der Waals surface area contributed by atoms with Gasteiger partial charge in [-0.15, -0.1) is 0 Å². The van der Waals surface area contributed by atoms with Crippen LogP contribution in [0.1, 0.15) is 17.3 Å². The minimum Gasteiger partial charge on any atom is -0.478 e. The molecule has 7 nitrogen and oxygen atoms in total. The zero-order chi connectivity index (χ0) is 16.2. The van der Waals surface area contributed by atoms with Crippen LogP contribution in [0.15, 0.2) is 29.2 Å². The largest absolute Gasteiger partial charge is 0.478 e. The van der Waals surface area contributed by atoms with Gasteiger partial charge in [-0.25, -0.2) is 17.5 Å². The molecule has 0 saturated carbocycles. The molecule has 1 aromatic rings. The highest BCUT2D eigenvalue weighted by Crippen LogP contribution is 2.16. The fraction of sp³-hybridized carbons (Fsp3) is 0.385. The summed E-state index contributed by atoms with van der Waals surface area (Å²) >= 11 is 0. The quantitative estimate of drug-likeness (QED) is 0.780. The van der Waals surface area contributed by atoms with E-state index in [1.165, 1.54) is 38.4 Å². The summed E-state index contributed by atoms with van der Waals surface area (Å²) in [6.07, 6.45) is 0. The van der Waals surface area contributed by atoms with E-state index < -0.39 is 27.9 Å². The maximum atomic E-state index is 12.3. The van der Waals surface area contributed by atoms with E-state index in [1.54, 1.807) is 6.92 Å². The van der Waals surface area contributed by atoms with Crippen LogP contribution in [0.2, 0.25) is 0 Å². The highest BCUT2D eigenvalue weighted by Gasteiger charge is 2.25. The second-order valence-corrected chi connectivity index (χ2v) is 6.58. The van der Waals surface area contributed by atoms with Gasteiger partial charge in [-0.1, -0.05) is 6.92 Å². The summed E-state index contributed by atoms with van der Waals surface area (Å²) in [6, 6.07) is 4.87. The summed E-state index contributed by atoms with van der Waals surface area (Å²) in [6.45, 7) is 1.53. The second kappa shape index (κ2) is 6.68. The van der Waals surface area contributed by atoms with Crippen molar-refractivity contribution in [2.24, 2.45) is 5.92 Å². The van der Waals surface area contributed by atoms with Crippen molar-refractivity contribution < 1.29 is 27.9 Å². The number of carboxylic acid groups (broad SMARTS) is 1. The van der Waals surface area contributed by atoms with Gasteiger partial charge in [0.2, 0.25) is 10.0 Å². The van der Waals surface area contributed by atoms with Crippen LogP contribution in [0, 0.1) is 5.92 Å². The number of aromatic carboxylic acids is 1. The third-order valence-electron chi connectivity index (χ3n) is 2.94. The zero-order valence-electron chi connectivity index (χ0n) is 11.9. The van der Waals surface area contributed by atoms with Gasteiger partial charge in [0.05, 0.1) is 23.5 Å². The lowest BCUT2D eigenvalue weighted by atomic mass is 10.2. The van der Waals surface area contributed by atoms with Crippen molar-refractivity contribution in [3.8, 4) is 0 Å². The van der Waals surface area contributed by atoms with Crippen molar-refractivity contribution in [1.82, 2.24) is 4.31 Å². The topological polar surface area (TPSA) is 101 Å². The molecule has 0 aliphatic heterocycles. The van der Waals surface area contributed by atoms with Crippen LogP contribution in [0.5, 0.6) is 0 Å². The number of hydrogen-bond acceptors (Lipinski definition) is 5. The second-order valence-electron chi connectivity index (χ2n) is 4.54. The lowest BCUT2D eigenvalue weighted by Gasteiger charge is -2.20. The van der Waals surface area contributed by atoms with Crippen molar-refractivity contribution in [2.75, 3.05) is 20.7 Å². The van der Waals surface area contributed by atoms with Crippen LogP contribution in [0.4, 0.5) is 0 Å². The van der Waals surface area contributed by atoms with Crippen LogP contribution >= 0.6 is 0 Å². The SMILES string of the molecule is COC(=O)C(C)CN(C)S(=O)(=O)c1ccc(C(=O)O)cc1. The number of nitrogens with zero attached hydrogens (tertiary/aromatic N) is 1. The summed E-state index contributed by atoms with van der Waals surface area (Å²) in [5.74, 6) is -2.24. The molecule has 1 aromatic carbocycles. The molecule has 21 heavy (non-hydrogen) atoms. The first-order valence-corrected chi connectivity index (χ1v) is 7.51. The fourth-order valence-electron chi connectivity index (χ4n) is 1.71. The molecule has 0 saturated heterocycles.